The number of aliphatic carboxylic acids is 1. The maximum Gasteiger partial charge on any atom is 0.372 e. The van der Waals surface area contributed by atoms with Crippen LogP contribution in [0.5, 0.6) is 0 Å². The summed E-state index contributed by atoms with van der Waals surface area (Å²) >= 11 is 0. The number of hydrogen-bond donors (Lipinski definition) is 2. The first-order chi connectivity index (χ1) is 9.33. The van der Waals surface area contributed by atoms with E-state index in [1.54, 1.807) is 12.1 Å². The van der Waals surface area contributed by atoms with Gasteiger partial charge in [0.2, 0.25) is 15.8 Å². The van der Waals surface area contributed by atoms with Gasteiger partial charge in [-0.3, -0.25) is 4.79 Å². The molecule has 0 spiro atoms. The van der Waals surface area contributed by atoms with Crippen molar-refractivity contribution in [2.75, 3.05) is 6.54 Å². The highest BCUT2D eigenvalue weighted by Crippen LogP contribution is 2.09. The molecule has 0 saturated heterocycles. The number of benzene rings is 1. The largest absolute Gasteiger partial charge is 0.476 e. The van der Waals surface area contributed by atoms with Crippen LogP contribution in [0.25, 0.3) is 0 Å². The van der Waals surface area contributed by atoms with Crippen molar-refractivity contribution in [2.45, 2.75) is 31.1 Å². The lowest BCUT2D eigenvalue weighted by atomic mass is 10.2. The van der Waals surface area contributed by atoms with E-state index in [0.29, 0.717) is 12.8 Å². The van der Waals surface area contributed by atoms with Crippen molar-refractivity contribution in [1.82, 2.24) is 4.72 Å². The van der Waals surface area contributed by atoms with Crippen molar-refractivity contribution in [3.63, 3.8) is 0 Å². The smallest absolute Gasteiger partial charge is 0.372 e. The van der Waals surface area contributed by atoms with E-state index in [-0.39, 0.29) is 17.9 Å². The molecule has 0 saturated carbocycles. The fourth-order valence-electron chi connectivity index (χ4n) is 1.52. The third-order valence-corrected chi connectivity index (χ3v) is 4.17. The van der Waals surface area contributed by atoms with Crippen LogP contribution >= 0.6 is 0 Å². The summed E-state index contributed by atoms with van der Waals surface area (Å²) in [6, 6.07) is 6.46. The number of carboxylic acid groups (broad SMARTS) is 1. The predicted octanol–water partition coefficient (Wildman–Crippen LogP) is 1.10. The maximum atomic E-state index is 11.9. The Morgan fingerprint density at radius 3 is 2.30 bits per heavy atom. The molecule has 0 aromatic heterocycles. The van der Waals surface area contributed by atoms with Crippen LogP contribution in [0.2, 0.25) is 0 Å². The van der Waals surface area contributed by atoms with Crippen molar-refractivity contribution in [1.29, 1.82) is 0 Å². The molecule has 0 unspecified atom stereocenters. The van der Waals surface area contributed by atoms with Gasteiger partial charge in [-0.25, -0.2) is 17.9 Å². The molecule has 1 rings (SSSR count). The minimum atomic E-state index is -3.55. The zero-order valence-corrected chi connectivity index (χ0v) is 11.9. The monoisotopic (exact) mass is 299 g/mol. The maximum absolute atomic E-state index is 11.9. The van der Waals surface area contributed by atoms with Crippen LogP contribution in [0.1, 0.15) is 24.8 Å². The Labute approximate surface area is 117 Å². The number of Topliss-reactive ketones (excluding diaryl/α,β-unsaturated/α-hetero) is 1. The number of sulfonamides is 1. The molecule has 0 aliphatic carbocycles. The zero-order valence-electron chi connectivity index (χ0n) is 11.1. The molecule has 0 bridgehead atoms. The first-order valence-corrected chi connectivity index (χ1v) is 7.64. The van der Waals surface area contributed by atoms with Gasteiger partial charge in [0.25, 0.3) is 0 Å². The number of hydrogen-bond acceptors (Lipinski definition) is 4. The molecule has 0 aliphatic rings. The predicted molar refractivity (Wildman–Crippen MR) is 72.9 cm³/mol. The fourth-order valence-corrected chi connectivity index (χ4v) is 2.60. The van der Waals surface area contributed by atoms with E-state index in [2.05, 4.69) is 4.72 Å². The lowest BCUT2D eigenvalue weighted by molar-refractivity contribution is -0.149. The highest BCUT2D eigenvalue weighted by Gasteiger charge is 2.13. The molecule has 1 aromatic carbocycles. The Bertz CT molecular complexity index is 577. The Kier molecular flexibility index (Phi) is 5.84. The van der Waals surface area contributed by atoms with Crippen LogP contribution in [0.15, 0.2) is 29.2 Å². The van der Waals surface area contributed by atoms with E-state index >= 15 is 0 Å². The van der Waals surface area contributed by atoms with Crippen LogP contribution in [0.4, 0.5) is 0 Å². The molecular weight excluding hydrogens is 282 g/mol. The SMILES string of the molecule is Cc1ccc(S(=O)(=O)NCCCCC(=O)C(=O)O)cc1. The normalized spacial score (nSPS) is 11.2. The van der Waals surface area contributed by atoms with Gasteiger partial charge in [-0.05, 0) is 31.9 Å². The summed E-state index contributed by atoms with van der Waals surface area (Å²) in [7, 11) is -3.55. The van der Waals surface area contributed by atoms with Gasteiger partial charge in [-0.2, -0.15) is 0 Å². The quantitative estimate of drug-likeness (QED) is 0.553. The second-order valence-corrected chi connectivity index (χ2v) is 6.16. The minimum Gasteiger partial charge on any atom is -0.476 e. The van der Waals surface area contributed by atoms with Crippen molar-refractivity contribution in [3.05, 3.63) is 29.8 Å². The molecule has 2 N–H and O–H groups in total. The topological polar surface area (TPSA) is 101 Å². The van der Waals surface area contributed by atoms with Crippen LogP contribution in [0.3, 0.4) is 0 Å². The number of carbonyl (C=O) groups excluding carboxylic acids is 1. The number of rotatable bonds is 8. The molecule has 7 heteroatoms. The van der Waals surface area contributed by atoms with Crippen molar-refractivity contribution in [3.8, 4) is 0 Å². The average Bonchev–Trinajstić information content (AvgIpc) is 2.38. The van der Waals surface area contributed by atoms with Gasteiger partial charge >= 0.3 is 5.97 Å². The molecule has 0 heterocycles. The van der Waals surface area contributed by atoms with Crippen molar-refractivity contribution in [2.24, 2.45) is 0 Å². The van der Waals surface area contributed by atoms with Crippen LogP contribution in [-0.4, -0.2) is 31.8 Å². The minimum absolute atomic E-state index is 0.0818. The molecular formula is C13H17NO5S. The van der Waals surface area contributed by atoms with E-state index in [1.165, 1.54) is 12.1 Å². The standard InChI is InChI=1S/C13H17NO5S/c1-10-5-7-11(8-6-10)20(18,19)14-9-3-2-4-12(15)13(16)17/h5-8,14H,2-4,9H2,1H3,(H,16,17). The summed E-state index contributed by atoms with van der Waals surface area (Å²) in [5, 5.41) is 8.38. The molecule has 0 atom stereocenters. The highest BCUT2D eigenvalue weighted by atomic mass is 32.2. The number of ketones is 1. The van der Waals surface area contributed by atoms with E-state index in [0.717, 1.165) is 5.56 Å². The summed E-state index contributed by atoms with van der Waals surface area (Å²) in [5.74, 6) is -2.31. The number of carboxylic acids is 1. The van der Waals surface area contributed by atoms with Crippen molar-refractivity contribution < 1.29 is 23.1 Å². The molecule has 20 heavy (non-hydrogen) atoms. The number of nitrogens with one attached hydrogen (secondary N) is 1. The molecule has 110 valence electrons. The van der Waals surface area contributed by atoms with Crippen LogP contribution in [-0.2, 0) is 19.6 Å². The van der Waals surface area contributed by atoms with E-state index in [1.807, 2.05) is 6.92 Å². The molecule has 0 fully saturated rings. The van der Waals surface area contributed by atoms with Gasteiger partial charge < -0.3 is 5.11 Å². The van der Waals surface area contributed by atoms with Crippen LogP contribution in [0, 0.1) is 6.92 Å². The summed E-state index contributed by atoms with van der Waals surface area (Å²) in [6.45, 7) is 2.03. The first kappa shape index (κ1) is 16.3. The number of aryl methyl sites for hydroxylation is 1. The molecule has 0 amide bonds. The van der Waals surface area contributed by atoms with E-state index in [4.69, 9.17) is 5.11 Å². The fraction of sp³-hybridized carbons (Fsp3) is 0.385. The third kappa shape index (κ3) is 5.10. The second kappa shape index (κ2) is 7.16. The van der Waals surface area contributed by atoms with Crippen LogP contribution < -0.4 is 4.72 Å². The van der Waals surface area contributed by atoms with Gasteiger partial charge in [0.05, 0.1) is 4.90 Å². The van der Waals surface area contributed by atoms with Gasteiger partial charge in [0.15, 0.2) is 0 Å². The van der Waals surface area contributed by atoms with Gasteiger partial charge in [-0.15, -0.1) is 0 Å². The van der Waals surface area contributed by atoms with Gasteiger partial charge in [0.1, 0.15) is 0 Å². The first-order valence-electron chi connectivity index (χ1n) is 6.15. The average molecular weight is 299 g/mol. The molecule has 0 aliphatic heterocycles. The van der Waals surface area contributed by atoms with E-state index in [9.17, 15) is 18.0 Å². The van der Waals surface area contributed by atoms with Gasteiger partial charge in [-0.1, -0.05) is 17.7 Å². The third-order valence-electron chi connectivity index (χ3n) is 2.69. The van der Waals surface area contributed by atoms with Gasteiger partial charge in [0, 0.05) is 13.0 Å². The Morgan fingerprint density at radius 1 is 1.15 bits per heavy atom. The zero-order chi connectivity index (χ0) is 15.2. The van der Waals surface area contributed by atoms with Crippen molar-refractivity contribution >= 4 is 21.8 Å². The summed E-state index contributed by atoms with van der Waals surface area (Å²) < 4.78 is 26.2. The second-order valence-electron chi connectivity index (χ2n) is 4.40. The lowest BCUT2D eigenvalue weighted by Crippen LogP contribution is -2.25. The Hall–Kier alpha value is -1.73. The molecule has 1 aromatic rings. The Balaban J connectivity index is 2.39. The highest BCUT2D eigenvalue weighted by molar-refractivity contribution is 7.89. The summed E-state index contributed by atoms with van der Waals surface area (Å²) in [5.41, 5.74) is 0.969. The summed E-state index contributed by atoms with van der Waals surface area (Å²) in [4.78, 5) is 21.3. The Morgan fingerprint density at radius 2 is 1.75 bits per heavy atom. The lowest BCUT2D eigenvalue weighted by Gasteiger charge is -2.06. The number of unbranched alkanes of at least 4 members (excludes halogenated alkanes) is 1. The summed E-state index contributed by atoms with van der Waals surface area (Å²) in [6.07, 6.45) is 0.660. The van der Waals surface area contributed by atoms with E-state index < -0.39 is 21.8 Å². The molecule has 6 nitrogen and oxygen atoms in total. The number of carbonyl (C=O) groups is 2. The molecule has 0 radical (unpaired) electrons.